The van der Waals surface area contributed by atoms with Gasteiger partial charge in [-0.05, 0) is 12.8 Å². The van der Waals surface area contributed by atoms with Crippen LogP contribution < -0.4 is 5.32 Å². The van der Waals surface area contributed by atoms with Gasteiger partial charge in [-0.25, -0.2) is 9.59 Å². The minimum atomic E-state index is -0.829. The maximum atomic E-state index is 11.6. The number of rotatable bonds is 5. The Labute approximate surface area is 94.1 Å². The van der Waals surface area contributed by atoms with Crippen molar-refractivity contribution >= 4 is 18.0 Å². The number of ether oxygens (including phenoxy) is 1. The normalized spacial score (nSPS) is 13.6. The molecule has 6 nitrogen and oxygen atoms in total. The molecule has 0 aromatic rings. The van der Waals surface area contributed by atoms with Gasteiger partial charge in [-0.15, -0.1) is 0 Å². The molecule has 0 aromatic heterocycles. The summed E-state index contributed by atoms with van der Waals surface area (Å²) < 4.78 is 4.45. The number of hydrogen-bond acceptors (Lipinski definition) is 5. The number of aliphatic imine (C=N–C) groups is 1. The highest BCUT2D eigenvalue weighted by Gasteiger charge is 2.25. The second kappa shape index (κ2) is 6.74. The summed E-state index contributed by atoms with van der Waals surface area (Å²) in [6.45, 7) is 4.98. The molecule has 0 bridgehead atoms. The number of nitrogens with one attached hydrogen (secondary N) is 1. The lowest BCUT2D eigenvalue weighted by Gasteiger charge is -2.17. The lowest BCUT2D eigenvalue weighted by atomic mass is 10.0. The van der Waals surface area contributed by atoms with E-state index in [4.69, 9.17) is 0 Å². The van der Waals surface area contributed by atoms with Crippen molar-refractivity contribution in [1.29, 1.82) is 0 Å². The van der Waals surface area contributed by atoms with Gasteiger partial charge in [0.1, 0.15) is 12.1 Å². The van der Waals surface area contributed by atoms with Crippen LogP contribution in [0.2, 0.25) is 0 Å². The van der Waals surface area contributed by atoms with Gasteiger partial charge in [-0.2, -0.15) is 4.99 Å². The van der Waals surface area contributed by atoms with Gasteiger partial charge in [-0.3, -0.25) is 4.79 Å². The summed E-state index contributed by atoms with van der Waals surface area (Å²) in [6, 6.07) is -1.59. The second-order valence-corrected chi connectivity index (χ2v) is 3.66. The molecule has 0 aliphatic carbocycles. The van der Waals surface area contributed by atoms with E-state index in [0.717, 1.165) is 0 Å². The fourth-order valence-corrected chi connectivity index (χ4v) is 1.10. The van der Waals surface area contributed by atoms with E-state index in [0.29, 0.717) is 0 Å². The molecule has 0 aromatic carbocycles. The Morgan fingerprint density at radius 2 is 1.88 bits per heavy atom. The Hall–Kier alpha value is -1.68. The molecule has 0 saturated heterocycles. The number of amides is 1. The SMILES string of the molecule is COC(=O)[C@H](C)NC(=O)[C@@H](N=C=O)C(C)C. The number of hydrogen-bond donors (Lipinski definition) is 1. The molecule has 1 N–H and O–H groups in total. The zero-order chi connectivity index (χ0) is 12.7. The van der Waals surface area contributed by atoms with Gasteiger partial charge < -0.3 is 10.1 Å². The van der Waals surface area contributed by atoms with Crippen LogP contribution in [0.5, 0.6) is 0 Å². The first-order valence-corrected chi connectivity index (χ1v) is 4.89. The lowest BCUT2D eigenvalue weighted by Crippen LogP contribution is -2.45. The molecule has 0 aliphatic heterocycles. The maximum absolute atomic E-state index is 11.6. The van der Waals surface area contributed by atoms with Crippen LogP contribution in [0.3, 0.4) is 0 Å². The summed E-state index contributed by atoms with van der Waals surface area (Å²) in [7, 11) is 1.23. The molecule has 90 valence electrons. The first-order chi connectivity index (χ1) is 7.43. The van der Waals surface area contributed by atoms with Gasteiger partial charge in [0.25, 0.3) is 0 Å². The summed E-state index contributed by atoms with van der Waals surface area (Å²) in [5.74, 6) is -1.19. The highest BCUT2D eigenvalue weighted by molar-refractivity contribution is 5.87. The fraction of sp³-hybridized carbons (Fsp3) is 0.700. The van der Waals surface area contributed by atoms with Crippen LogP contribution in [0, 0.1) is 5.92 Å². The van der Waals surface area contributed by atoms with Gasteiger partial charge in [0.15, 0.2) is 0 Å². The van der Waals surface area contributed by atoms with Crippen molar-refractivity contribution in [2.75, 3.05) is 7.11 Å². The molecule has 0 heterocycles. The Balaban J connectivity index is 4.53. The van der Waals surface area contributed by atoms with Crippen LogP contribution in [0.15, 0.2) is 4.99 Å². The van der Waals surface area contributed by atoms with E-state index >= 15 is 0 Å². The van der Waals surface area contributed by atoms with Gasteiger partial charge >= 0.3 is 5.97 Å². The zero-order valence-electron chi connectivity index (χ0n) is 9.81. The molecule has 2 atom stereocenters. The van der Waals surface area contributed by atoms with Crippen molar-refractivity contribution in [2.24, 2.45) is 10.9 Å². The van der Waals surface area contributed by atoms with Crippen LogP contribution >= 0.6 is 0 Å². The average Bonchev–Trinajstić information content (AvgIpc) is 2.23. The van der Waals surface area contributed by atoms with E-state index in [1.165, 1.54) is 20.1 Å². The summed E-state index contributed by atoms with van der Waals surface area (Å²) in [4.78, 5) is 36.2. The number of isocyanates is 1. The topological polar surface area (TPSA) is 84.8 Å². The zero-order valence-corrected chi connectivity index (χ0v) is 9.81. The Morgan fingerprint density at radius 1 is 1.31 bits per heavy atom. The summed E-state index contributed by atoms with van der Waals surface area (Å²) in [5, 5.41) is 2.41. The van der Waals surface area contributed by atoms with E-state index < -0.39 is 24.0 Å². The Kier molecular flexibility index (Phi) is 6.03. The Bertz CT molecular complexity index is 308. The summed E-state index contributed by atoms with van der Waals surface area (Å²) in [5.41, 5.74) is 0. The van der Waals surface area contributed by atoms with E-state index in [1.54, 1.807) is 13.8 Å². The predicted octanol–water partition coefficient (Wildman–Crippen LogP) is 0.0245. The van der Waals surface area contributed by atoms with Gasteiger partial charge in [0, 0.05) is 0 Å². The largest absolute Gasteiger partial charge is 0.467 e. The molecular weight excluding hydrogens is 212 g/mol. The number of nitrogens with zero attached hydrogens (tertiary/aromatic N) is 1. The summed E-state index contributed by atoms with van der Waals surface area (Å²) in [6.07, 6.45) is 1.34. The maximum Gasteiger partial charge on any atom is 0.328 e. The standard InChI is InChI=1S/C10H16N2O4/c1-6(2)8(11-5-13)9(14)12-7(3)10(15)16-4/h6-8H,1-4H3,(H,12,14)/t7-,8-/m0/s1. The number of carbonyl (C=O) groups excluding carboxylic acids is 3. The fourth-order valence-electron chi connectivity index (χ4n) is 1.10. The third kappa shape index (κ3) is 4.23. The van der Waals surface area contributed by atoms with Crippen molar-refractivity contribution in [3.05, 3.63) is 0 Å². The van der Waals surface area contributed by atoms with E-state index in [2.05, 4.69) is 15.0 Å². The third-order valence-corrected chi connectivity index (χ3v) is 2.01. The quantitative estimate of drug-likeness (QED) is 0.408. The van der Waals surface area contributed by atoms with Crippen LogP contribution in [0.1, 0.15) is 20.8 Å². The van der Waals surface area contributed by atoms with Crippen molar-refractivity contribution in [3.63, 3.8) is 0 Å². The first kappa shape index (κ1) is 14.3. The average molecular weight is 228 g/mol. The molecular formula is C10H16N2O4. The molecule has 0 unspecified atom stereocenters. The molecule has 6 heteroatoms. The molecule has 0 rings (SSSR count). The van der Waals surface area contributed by atoms with Crippen LogP contribution in [0.25, 0.3) is 0 Å². The highest BCUT2D eigenvalue weighted by Crippen LogP contribution is 2.06. The Morgan fingerprint density at radius 3 is 2.25 bits per heavy atom. The van der Waals surface area contributed by atoms with Crippen molar-refractivity contribution < 1.29 is 19.1 Å². The van der Waals surface area contributed by atoms with Crippen LogP contribution in [-0.4, -0.2) is 37.1 Å². The minimum Gasteiger partial charge on any atom is -0.467 e. The van der Waals surface area contributed by atoms with Gasteiger partial charge in [0.05, 0.1) is 7.11 Å². The van der Waals surface area contributed by atoms with Crippen LogP contribution in [0.4, 0.5) is 0 Å². The monoisotopic (exact) mass is 228 g/mol. The molecule has 0 radical (unpaired) electrons. The lowest BCUT2D eigenvalue weighted by molar-refractivity contribution is -0.144. The van der Waals surface area contributed by atoms with Crippen molar-refractivity contribution in [2.45, 2.75) is 32.9 Å². The second-order valence-electron chi connectivity index (χ2n) is 3.66. The van der Waals surface area contributed by atoms with Crippen LogP contribution in [-0.2, 0) is 19.1 Å². The first-order valence-electron chi connectivity index (χ1n) is 4.89. The molecule has 0 saturated carbocycles. The van der Waals surface area contributed by atoms with Gasteiger partial charge in [-0.1, -0.05) is 13.8 Å². The molecule has 16 heavy (non-hydrogen) atoms. The highest BCUT2D eigenvalue weighted by atomic mass is 16.5. The van der Waals surface area contributed by atoms with E-state index in [1.807, 2.05) is 0 Å². The molecule has 0 fully saturated rings. The van der Waals surface area contributed by atoms with Crippen molar-refractivity contribution in [1.82, 2.24) is 5.32 Å². The molecule has 0 aliphatic rings. The number of carbonyl (C=O) groups is 2. The summed E-state index contributed by atoms with van der Waals surface area (Å²) >= 11 is 0. The van der Waals surface area contributed by atoms with E-state index in [9.17, 15) is 14.4 Å². The van der Waals surface area contributed by atoms with Gasteiger partial charge in [0.2, 0.25) is 12.0 Å². The molecule has 0 spiro atoms. The predicted molar refractivity (Wildman–Crippen MR) is 56.4 cm³/mol. The number of methoxy groups -OCH3 is 1. The number of esters is 1. The van der Waals surface area contributed by atoms with Crippen molar-refractivity contribution in [3.8, 4) is 0 Å². The minimum absolute atomic E-state index is 0.147. The molecule has 1 amide bonds. The van der Waals surface area contributed by atoms with E-state index in [-0.39, 0.29) is 5.92 Å². The smallest absolute Gasteiger partial charge is 0.328 e. The third-order valence-electron chi connectivity index (χ3n) is 2.01.